The average Bonchev–Trinajstić information content (AvgIpc) is 2.49. The zero-order chi connectivity index (χ0) is 18.1. The van der Waals surface area contributed by atoms with E-state index in [2.05, 4.69) is 20.7 Å². The van der Waals surface area contributed by atoms with Crippen LogP contribution in [0.25, 0.3) is 0 Å². The van der Waals surface area contributed by atoms with Crippen LogP contribution in [0.2, 0.25) is 0 Å². The number of thiocarbonyl (C=S) groups is 1. The van der Waals surface area contributed by atoms with Gasteiger partial charge < -0.3 is 20.3 Å². The van der Waals surface area contributed by atoms with Gasteiger partial charge in [-0.2, -0.15) is 5.26 Å². The lowest BCUT2D eigenvalue weighted by molar-refractivity contribution is -0.116. The standard InChI is InChI=1S/C14H17N5O3S2/c1-19(2)7-12(20)16-11-6-9(24-8-15)4-5-10(11)17-13(23)18-14(21)22-3/h4-6H,7H2,1-3H3,(H,16,20)(H2,17,18,21,23). The zero-order valence-corrected chi connectivity index (χ0v) is 15.0. The third kappa shape index (κ3) is 6.82. The van der Waals surface area contributed by atoms with Crippen molar-refractivity contribution in [3.8, 4) is 5.40 Å². The fourth-order valence-electron chi connectivity index (χ4n) is 1.63. The highest BCUT2D eigenvalue weighted by molar-refractivity contribution is 8.03. The molecule has 3 N–H and O–H groups in total. The van der Waals surface area contributed by atoms with Crippen LogP contribution < -0.4 is 16.0 Å². The number of alkyl carbamates (subject to hydrolysis) is 1. The molecule has 8 nitrogen and oxygen atoms in total. The number of methoxy groups -OCH3 is 1. The van der Waals surface area contributed by atoms with Gasteiger partial charge in [-0.05, 0) is 56.3 Å². The predicted octanol–water partition coefficient (Wildman–Crippen LogP) is 1.81. The number of thioether (sulfide) groups is 1. The van der Waals surface area contributed by atoms with Gasteiger partial charge in [-0.1, -0.05) is 0 Å². The molecule has 0 spiro atoms. The second-order valence-corrected chi connectivity index (χ2v) is 6.02. The number of carbonyl (C=O) groups is 2. The molecule has 0 aliphatic heterocycles. The van der Waals surface area contributed by atoms with E-state index in [9.17, 15) is 9.59 Å². The normalized spacial score (nSPS) is 9.79. The molecule has 0 atom stereocenters. The maximum atomic E-state index is 12.0. The van der Waals surface area contributed by atoms with Crippen molar-refractivity contribution in [2.45, 2.75) is 4.90 Å². The van der Waals surface area contributed by atoms with Crippen molar-refractivity contribution < 1.29 is 14.3 Å². The van der Waals surface area contributed by atoms with Gasteiger partial charge in [0.15, 0.2) is 5.11 Å². The smallest absolute Gasteiger partial charge is 0.413 e. The molecule has 0 radical (unpaired) electrons. The minimum atomic E-state index is -0.706. The monoisotopic (exact) mass is 367 g/mol. The van der Waals surface area contributed by atoms with Gasteiger partial charge >= 0.3 is 6.09 Å². The molecule has 10 heteroatoms. The average molecular weight is 367 g/mol. The zero-order valence-electron chi connectivity index (χ0n) is 13.4. The predicted molar refractivity (Wildman–Crippen MR) is 96.9 cm³/mol. The van der Waals surface area contributed by atoms with Crippen LogP contribution >= 0.6 is 24.0 Å². The van der Waals surface area contributed by atoms with E-state index in [0.717, 1.165) is 11.8 Å². The molecule has 0 saturated carbocycles. The van der Waals surface area contributed by atoms with Crippen LogP contribution in [0.1, 0.15) is 0 Å². The molecule has 1 aromatic carbocycles. The Bertz CT molecular complexity index is 673. The highest BCUT2D eigenvalue weighted by Crippen LogP contribution is 2.28. The van der Waals surface area contributed by atoms with Crippen molar-refractivity contribution >= 4 is 52.5 Å². The molecule has 0 heterocycles. The summed E-state index contributed by atoms with van der Waals surface area (Å²) in [5, 5.41) is 18.6. The minimum Gasteiger partial charge on any atom is -0.453 e. The highest BCUT2D eigenvalue weighted by atomic mass is 32.2. The number of nitrogens with zero attached hydrogens (tertiary/aromatic N) is 2. The molecule has 0 aliphatic carbocycles. The second kappa shape index (κ2) is 9.71. The molecule has 0 fully saturated rings. The third-order valence-electron chi connectivity index (χ3n) is 2.54. The Kier molecular flexibility index (Phi) is 7.97. The fraction of sp³-hybridized carbons (Fsp3) is 0.286. The Labute approximate surface area is 149 Å². The molecule has 24 heavy (non-hydrogen) atoms. The Morgan fingerprint density at radius 1 is 1.33 bits per heavy atom. The first-order chi connectivity index (χ1) is 11.3. The number of hydrogen-bond donors (Lipinski definition) is 3. The van der Waals surface area contributed by atoms with Gasteiger partial charge in [0.25, 0.3) is 0 Å². The lowest BCUT2D eigenvalue weighted by Crippen LogP contribution is -2.34. The summed E-state index contributed by atoms with van der Waals surface area (Å²) in [6.07, 6.45) is -0.706. The molecule has 2 amide bonds. The number of amides is 2. The summed E-state index contributed by atoms with van der Waals surface area (Å²) in [5.74, 6) is -0.228. The SMILES string of the molecule is COC(=O)NC(=S)Nc1ccc(SC#N)cc1NC(=O)CN(C)C. The summed E-state index contributed by atoms with van der Waals surface area (Å²) in [4.78, 5) is 25.5. The number of rotatable bonds is 5. The number of nitrogens with one attached hydrogen (secondary N) is 3. The largest absolute Gasteiger partial charge is 0.453 e. The van der Waals surface area contributed by atoms with Crippen LogP contribution in [0, 0.1) is 10.7 Å². The highest BCUT2D eigenvalue weighted by Gasteiger charge is 2.12. The van der Waals surface area contributed by atoms with Crippen molar-refractivity contribution in [1.29, 1.82) is 5.26 Å². The number of hydrogen-bond acceptors (Lipinski definition) is 7. The number of ether oxygens (including phenoxy) is 1. The van der Waals surface area contributed by atoms with E-state index in [0.29, 0.717) is 16.3 Å². The van der Waals surface area contributed by atoms with Gasteiger partial charge in [0.2, 0.25) is 5.91 Å². The molecule has 0 saturated heterocycles. The summed E-state index contributed by atoms with van der Waals surface area (Å²) in [6, 6.07) is 4.99. The van der Waals surface area contributed by atoms with Crippen LogP contribution in [-0.2, 0) is 9.53 Å². The molecule has 0 bridgehead atoms. The van der Waals surface area contributed by atoms with Crippen molar-refractivity contribution in [1.82, 2.24) is 10.2 Å². The minimum absolute atomic E-state index is 0.0191. The maximum absolute atomic E-state index is 12.0. The van der Waals surface area contributed by atoms with E-state index in [1.165, 1.54) is 7.11 Å². The van der Waals surface area contributed by atoms with Crippen molar-refractivity contribution in [2.24, 2.45) is 0 Å². The fourth-order valence-corrected chi connectivity index (χ4v) is 2.24. The number of anilines is 2. The molecular formula is C14H17N5O3S2. The topological polar surface area (TPSA) is 106 Å². The first-order valence-corrected chi connectivity index (χ1v) is 7.88. The quantitative estimate of drug-likeness (QED) is 0.411. The van der Waals surface area contributed by atoms with Gasteiger partial charge in [0, 0.05) is 4.90 Å². The van der Waals surface area contributed by atoms with E-state index in [-0.39, 0.29) is 17.6 Å². The maximum Gasteiger partial charge on any atom is 0.413 e. The van der Waals surface area contributed by atoms with Crippen molar-refractivity contribution in [3.05, 3.63) is 18.2 Å². The molecule has 1 aromatic rings. The summed E-state index contributed by atoms with van der Waals surface area (Å²) >= 11 is 5.97. The van der Waals surface area contributed by atoms with Gasteiger partial charge in [0.05, 0.1) is 25.0 Å². The van der Waals surface area contributed by atoms with Crippen molar-refractivity contribution in [3.63, 3.8) is 0 Å². The number of likely N-dealkylation sites (N-methyl/N-ethyl adjacent to an activating group) is 1. The lowest BCUT2D eigenvalue weighted by Gasteiger charge is -2.16. The number of benzene rings is 1. The molecule has 128 valence electrons. The number of nitriles is 1. The van der Waals surface area contributed by atoms with Gasteiger partial charge in [0.1, 0.15) is 5.40 Å². The van der Waals surface area contributed by atoms with Crippen LogP contribution in [-0.4, -0.2) is 49.8 Å². The second-order valence-electron chi connectivity index (χ2n) is 4.76. The Morgan fingerprint density at radius 3 is 2.62 bits per heavy atom. The van der Waals surface area contributed by atoms with Crippen LogP contribution in [0.5, 0.6) is 0 Å². The van der Waals surface area contributed by atoms with E-state index < -0.39 is 6.09 Å². The van der Waals surface area contributed by atoms with Crippen molar-refractivity contribution in [2.75, 3.05) is 38.4 Å². The summed E-state index contributed by atoms with van der Waals surface area (Å²) in [5.41, 5.74) is 0.918. The lowest BCUT2D eigenvalue weighted by atomic mass is 10.2. The van der Waals surface area contributed by atoms with Gasteiger partial charge in [-0.25, -0.2) is 4.79 Å². The molecular weight excluding hydrogens is 350 g/mol. The molecule has 1 rings (SSSR count). The first-order valence-electron chi connectivity index (χ1n) is 6.66. The van der Waals surface area contributed by atoms with E-state index in [1.807, 2.05) is 5.40 Å². The summed E-state index contributed by atoms with van der Waals surface area (Å²) in [6.45, 7) is 0.194. The van der Waals surface area contributed by atoms with Crippen LogP contribution in [0.15, 0.2) is 23.1 Å². The van der Waals surface area contributed by atoms with Crippen LogP contribution in [0.4, 0.5) is 16.2 Å². The molecule has 0 unspecified atom stereocenters. The summed E-state index contributed by atoms with van der Waals surface area (Å²) < 4.78 is 4.46. The van der Waals surface area contributed by atoms with Gasteiger partial charge in [-0.15, -0.1) is 0 Å². The Balaban J connectivity index is 2.96. The molecule has 0 aliphatic rings. The first kappa shape index (κ1) is 19.7. The third-order valence-corrected chi connectivity index (χ3v) is 3.32. The summed E-state index contributed by atoms with van der Waals surface area (Å²) in [7, 11) is 4.77. The van der Waals surface area contributed by atoms with Crippen LogP contribution in [0.3, 0.4) is 0 Å². The van der Waals surface area contributed by atoms with E-state index in [1.54, 1.807) is 37.2 Å². The van der Waals surface area contributed by atoms with E-state index >= 15 is 0 Å². The Hall–Kier alpha value is -2.35. The Morgan fingerprint density at radius 2 is 2.04 bits per heavy atom. The number of thiocyanates is 1. The van der Waals surface area contributed by atoms with Gasteiger partial charge in [-0.3, -0.25) is 10.1 Å². The van der Waals surface area contributed by atoms with E-state index in [4.69, 9.17) is 17.5 Å². The number of carbonyl (C=O) groups excluding carboxylic acids is 2. The molecule has 0 aromatic heterocycles.